The Morgan fingerprint density at radius 3 is 2.78 bits per heavy atom. The normalized spacial score (nSPS) is 23.9. The zero-order chi connectivity index (χ0) is 13.3. The molecule has 4 heteroatoms. The lowest BCUT2D eigenvalue weighted by Crippen LogP contribution is -2.40. The lowest BCUT2D eigenvalue weighted by atomic mass is 9.86. The second kappa shape index (κ2) is 5.04. The Bertz CT molecular complexity index is 438. The van der Waals surface area contributed by atoms with E-state index in [9.17, 15) is 4.79 Å². The highest BCUT2D eigenvalue weighted by atomic mass is 16.2. The molecule has 2 atom stereocenters. The molecule has 0 aromatic carbocycles. The minimum absolute atomic E-state index is 0.0771. The number of aromatic nitrogens is 1. The molecule has 18 heavy (non-hydrogen) atoms. The van der Waals surface area contributed by atoms with Gasteiger partial charge in [-0.1, -0.05) is 19.8 Å². The van der Waals surface area contributed by atoms with Crippen LogP contribution in [0.2, 0.25) is 0 Å². The number of carbonyl (C=O) groups excluding carboxylic acids is 1. The van der Waals surface area contributed by atoms with Crippen molar-refractivity contribution in [3.63, 3.8) is 0 Å². The summed E-state index contributed by atoms with van der Waals surface area (Å²) in [5, 5.41) is 0. The van der Waals surface area contributed by atoms with Crippen LogP contribution in [0.5, 0.6) is 0 Å². The van der Waals surface area contributed by atoms with Gasteiger partial charge in [-0.15, -0.1) is 0 Å². The molecule has 1 aromatic heterocycles. The van der Waals surface area contributed by atoms with E-state index in [1.807, 2.05) is 19.0 Å². The Hall–Kier alpha value is -1.45. The molecule has 1 aliphatic carbocycles. The SMILES string of the molecule is CC1CCCC(N(C)C(=O)c2cc(N)cn2C)C1. The molecule has 1 aromatic rings. The number of aryl methyl sites for hydroxylation is 1. The summed E-state index contributed by atoms with van der Waals surface area (Å²) in [6.07, 6.45) is 6.52. The number of carbonyl (C=O) groups is 1. The first kappa shape index (κ1) is 13.0. The van der Waals surface area contributed by atoms with E-state index in [-0.39, 0.29) is 5.91 Å². The van der Waals surface area contributed by atoms with Gasteiger partial charge in [-0.05, 0) is 24.8 Å². The van der Waals surface area contributed by atoms with Gasteiger partial charge >= 0.3 is 0 Å². The second-order valence-electron chi connectivity index (χ2n) is 5.61. The largest absolute Gasteiger partial charge is 0.397 e. The smallest absolute Gasteiger partial charge is 0.270 e. The third-order valence-corrected chi connectivity index (χ3v) is 4.02. The van der Waals surface area contributed by atoms with Gasteiger partial charge in [0.1, 0.15) is 5.69 Å². The summed E-state index contributed by atoms with van der Waals surface area (Å²) in [5.74, 6) is 0.797. The molecule has 4 nitrogen and oxygen atoms in total. The number of nitrogens with zero attached hydrogens (tertiary/aromatic N) is 2. The summed E-state index contributed by atoms with van der Waals surface area (Å²) in [5.41, 5.74) is 7.05. The van der Waals surface area contributed by atoms with Gasteiger partial charge in [0.25, 0.3) is 5.91 Å². The first-order valence-electron chi connectivity index (χ1n) is 6.68. The molecular formula is C14H23N3O. The molecule has 1 aliphatic rings. The molecule has 1 saturated carbocycles. The number of anilines is 1. The predicted octanol–water partition coefficient (Wildman–Crippen LogP) is 2.26. The van der Waals surface area contributed by atoms with Crippen LogP contribution in [0, 0.1) is 5.92 Å². The molecule has 0 spiro atoms. The van der Waals surface area contributed by atoms with Crippen molar-refractivity contribution in [3.05, 3.63) is 18.0 Å². The zero-order valence-corrected chi connectivity index (χ0v) is 11.5. The van der Waals surface area contributed by atoms with Crippen LogP contribution in [0.1, 0.15) is 43.1 Å². The van der Waals surface area contributed by atoms with Crippen LogP contribution in [0.15, 0.2) is 12.3 Å². The van der Waals surface area contributed by atoms with Gasteiger partial charge in [0.2, 0.25) is 0 Å². The summed E-state index contributed by atoms with van der Waals surface area (Å²) < 4.78 is 1.81. The number of hydrogen-bond acceptors (Lipinski definition) is 2. The maximum absolute atomic E-state index is 12.4. The molecule has 2 N–H and O–H groups in total. The van der Waals surface area contributed by atoms with Crippen LogP contribution in [0.3, 0.4) is 0 Å². The average Bonchev–Trinajstić information content (AvgIpc) is 2.66. The topological polar surface area (TPSA) is 51.3 Å². The van der Waals surface area contributed by atoms with Crippen molar-refractivity contribution in [2.45, 2.75) is 38.6 Å². The van der Waals surface area contributed by atoms with Gasteiger partial charge < -0.3 is 15.2 Å². The fourth-order valence-corrected chi connectivity index (χ4v) is 2.90. The molecule has 2 rings (SSSR count). The Labute approximate surface area is 109 Å². The van der Waals surface area contributed by atoms with E-state index in [1.165, 1.54) is 12.8 Å². The van der Waals surface area contributed by atoms with E-state index >= 15 is 0 Å². The summed E-state index contributed by atoms with van der Waals surface area (Å²) in [6, 6.07) is 2.13. The number of rotatable bonds is 2. The van der Waals surface area contributed by atoms with Crippen molar-refractivity contribution in [1.29, 1.82) is 0 Å². The van der Waals surface area contributed by atoms with Gasteiger partial charge in [-0.3, -0.25) is 4.79 Å². The van der Waals surface area contributed by atoms with Crippen molar-refractivity contribution >= 4 is 11.6 Å². The lowest BCUT2D eigenvalue weighted by Gasteiger charge is -2.34. The van der Waals surface area contributed by atoms with Crippen molar-refractivity contribution < 1.29 is 4.79 Å². The van der Waals surface area contributed by atoms with E-state index in [0.717, 1.165) is 18.8 Å². The quantitative estimate of drug-likeness (QED) is 0.874. The van der Waals surface area contributed by atoms with Crippen molar-refractivity contribution in [2.75, 3.05) is 12.8 Å². The molecule has 0 radical (unpaired) electrons. The Morgan fingerprint density at radius 1 is 1.50 bits per heavy atom. The molecular weight excluding hydrogens is 226 g/mol. The van der Waals surface area contributed by atoms with Gasteiger partial charge in [0, 0.05) is 26.3 Å². The Balaban J connectivity index is 2.11. The van der Waals surface area contributed by atoms with Crippen molar-refractivity contribution in [2.24, 2.45) is 13.0 Å². The molecule has 0 bridgehead atoms. The third kappa shape index (κ3) is 2.52. The lowest BCUT2D eigenvalue weighted by molar-refractivity contribution is 0.0662. The summed E-state index contributed by atoms with van der Waals surface area (Å²) >= 11 is 0. The van der Waals surface area contributed by atoms with E-state index in [0.29, 0.717) is 17.4 Å². The maximum atomic E-state index is 12.4. The Kier molecular flexibility index (Phi) is 3.64. The first-order chi connectivity index (χ1) is 8.49. The molecule has 2 unspecified atom stereocenters. The summed E-state index contributed by atoms with van der Waals surface area (Å²) in [4.78, 5) is 14.3. The fraction of sp³-hybridized carbons (Fsp3) is 0.643. The Morgan fingerprint density at radius 2 is 2.22 bits per heavy atom. The van der Waals surface area contributed by atoms with Crippen molar-refractivity contribution in [1.82, 2.24) is 9.47 Å². The van der Waals surface area contributed by atoms with Crippen LogP contribution in [0.4, 0.5) is 5.69 Å². The second-order valence-corrected chi connectivity index (χ2v) is 5.61. The highest BCUT2D eigenvalue weighted by molar-refractivity contribution is 5.93. The van der Waals surface area contributed by atoms with Crippen LogP contribution < -0.4 is 5.73 Å². The molecule has 100 valence electrons. The molecule has 1 heterocycles. The number of hydrogen-bond donors (Lipinski definition) is 1. The van der Waals surface area contributed by atoms with Gasteiger partial charge in [0.15, 0.2) is 0 Å². The average molecular weight is 249 g/mol. The van der Waals surface area contributed by atoms with E-state index in [4.69, 9.17) is 5.73 Å². The van der Waals surface area contributed by atoms with Crippen LogP contribution >= 0.6 is 0 Å². The van der Waals surface area contributed by atoms with Gasteiger partial charge in [0.05, 0.1) is 5.69 Å². The third-order valence-electron chi connectivity index (χ3n) is 4.02. The molecule has 0 saturated heterocycles. The van der Waals surface area contributed by atoms with Gasteiger partial charge in [-0.25, -0.2) is 0 Å². The van der Waals surface area contributed by atoms with Crippen molar-refractivity contribution in [3.8, 4) is 0 Å². The van der Waals surface area contributed by atoms with E-state index in [2.05, 4.69) is 6.92 Å². The summed E-state index contributed by atoms with van der Waals surface area (Å²) in [6.45, 7) is 2.27. The number of nitrogens with two attached hydrogens (primary N) is 1. The maximum Gasteiger partial charge on any atom is 0.270 e. The number of amides is 1. The summed E-state index contributed by atoms with van der Waals surface area (Å²) in [7, 11) is 3.77. The minimum atomic E-state index is 0.0771. The first-order valence-corrected chi connectivity index (χ1v) is 6.68. The minimum Gasteiger partial charge on any atom is -0.397 e. The zero-order valence-electron chi connectivity index (χ0n) is 11.5. The fourth-order valence-electron chi connectivity index (χ4n) is 2.90. The predicted molar refractivity (Wildman–Crippen MR) is 73.3 cm³/mol. The molecule has 1 fully saturated rings. The van der Waals surface area contributed by atoms with E-state index in [1.54, 1.807) is 16.8 Å². The number of nitrogen functional groups attached to an aromatic ring is 1. The van der Waals surface area contributed by atoms with Crippen LogP contribution in [-0.2, 0) is 7.05 Å². The molecule has 1 amide bonds. The highest BCUT2D eigenvalue weighted by Gasteiger charge is 2.27. The molecule has 0 aliphatic heterocycles. The van der Waals surface area contributed by atoms with Gasteiger partial charge in [-0.2, -0.15) is 0 Å². The highest BCUT2D eigenvalue weighted by Crippen LogP contribution is 2.27. The monoisotopic (exact) mass is 249 g/mol. The van der Waals surface area contributed by atoms with Crippen LogP contribution in [0.25, 0.3) is 0 Å². The van der Waals surface area contributed by atoms with Crippen LogP contribution in [-0.4, -0.2) is 28.5 Å². The standard InChI is InChI=1S/C14H23N3O/c1-10-5-4-6-12(7-10)17(3)14(18)13-8-11(15)9-16(13)2/h8-10,12H,4-7,15H2,1-3H3. The van der Waals surface area contributed by atoms with E-state index < -0.39 is 0 Å².